The van der Waals surface area contributed by atoms with E-state index >= 15 is 0 Å². The number of piperazine rings is 1. The molecule has 0 aromatic heterocycles. The van der Waals surface area contributed by atoms with Crippen molar-refractivity contribution in [1.82, 2.24) is 9.80 Å². The summed E-state index contributed by atoms with van der Waals surface area (Å²) in [5, 5.41) is 0. The molecule has 104 valence electrons. The number of alkyl halides is 3. The normalized spacial score (nSPS) is 20.3. The summed E-state index contributed by atoms with van der Waals surface area (Å²) in [6.07, 6.45) is -0.783. The molecule has 0 radical (unpaired) electrons. The van der Waals surface area contributed by atoms with Crippen LogP contribution in [0.1, 0.15) is 6.92 Å². The van der Waals surface area contributed by atoms with Gasteiger partial charge in [0, 0.05) is 31.9 Å². The van der Waals surface area contributed by atoms with Gasteiger partial charge in [-0.15, -0.1) is 0 Å². The summed E-state index contributed by atoms with van der Waals surface area (Å²) in [4.78, 5) is 3.24. The topological polar surface area (TPSA) is 58.5 Å². The van der Waals surface area contributed by atoms with Gasteiger partial charge in [-0.1, -0.05) is 0 Å². The lowest BCUT2D eigenvalue weighted by atomic mass is 10.3. The third kappa shape index (κ3) is 5.31. The highest BCUT2D eigenvalue weighted by Gasteiger charge is 2.32. The Morgan fingerprint density at radius 1 is 1.11 bits per heavy atom. The molecule has 1 rings (SSSR count). The van der Waals surface area contributed by atoms with Crippen LogP contribution in [-0.2, 0) is 0 Å². The van der Waals surface area contributed by atoms with E-state index in [0.29, 0.717) is 37.7 Å². The van der Waals surface area contributed by atoms with Crippen molar-refractivity contribution in [1.29, 1.82) is 0 Å². The second kappa shape index (κ2) is 5.99. The van der Waals surface area contributed by atoms with Crippen LogP contribution in [-0.4, -0.2) is 48.7 Å². The van der Waals surface area contributed by atoms with Gasteiger partial charge in [-0.3, -0.25) is 4.90 Å². The van der Waals surface area contributed by atoms with Gasteiger partial charge < -0.3 is 16.4 Å². The molecule has 0 atom stereocenters. The second-order valence-corrected chi connectivity index (χ2v) is 4.38. The maximum atomic E-state index is 12.2. The molecule has 0 unspecified atom stereocenters. The van der Waals surface area contributed by atoms with E-state index in [4.69, 9.17) is 11.5 Å². The van der Waals surface area contributed by atoms with Crippen molar-refractivity contribution in [2.45, 2.75) is 13.1 Å². The van der Waals surface area contributed by atoms with Gasteiger partial charge in [0.25, 0.3) is 0 Å². The number of allylic oxidation sites excluding steroid dienone is 3. The van der Waals surface area contributed by atoms with E-state index in [9.17, 15) is 13.2 Å². The highest BCUT2D eigenvalue weighted by Crippen LogP contribution is 2.17. The summed E-state index contributed by atoms with van der Waals surface area (Å²) in [6.45, 7) is 2.60. The van der Waals surface area contributed by atoms with Crippen molar-refractivity contribution in [2.75, 3.05) is 32.7 Å². The second-order valence-electron chi connectivity index (χ2n) is 4.38. The van der Waals surface area contributed by atoms with Gasteiger partial charge in [0.1, 0.15) is 0 Å². The molecule has 0 spiro atoms. The molecule has 1 aliphatic heterocycles. The smallest absolute Gasteiger partial charge is 0.401 e. The largest absolute Gasteiger partial charge is 0.402 e. The summed E-state index contributed by atoms with van der Waals surface area (Å²) < 4.78 is 36.6. The number of nitrogens with two attached hydrogens (primary N) is 2. The van der Waals surface area contributed by atoms with Crippen LogP contribution >= 0.6 is 0 Å². The van der Waals surface area contributed by atoms with Crippen molar-refractivity contribution < 1.29 is 13.2 Å². The van der Waals surface area contributed by atoms with E-state index in [1.54, 1.807) is 19.1 Å². The third-order valence-corrected chi connectivity index (χ3v) is 2.66. The molecular weight excluding hydrogens is 245 g/mol. The molecular formula is C11H19F3N4. The molecule has 0 bridgehead atoms. The number of nitrogens with zero attached hydrogens (tertiary/aromatic N) is 2. The van der Waals surface area contributed by atoms with E-state index in [2.05, 4.69) is 0 Å². The van der Waals surface area contributed by atoms with Crippen molar-refractivity contribution in [3.8, 4) is 0 Å². The molecule has 4 nitrogen and oxygen atoms in total. The highest BCUT2D eigenvalue weighted by atomic mass is 19.4. The Balaban J connectivity index is 2.44. The molecule has 1 fully saturated rings. The van der Waals surface area contributed by atoms with Crippen LogP contribution in [0.5, 0.6) is 0 Å². The van der Waals surface area contributed by atoms with E-state index < -0.39 is 12.7 Å². The first kappa shape index (κ1) is 14.7. The van der Waals surface area contributed by atoms with Crippen LogP contribution in [0, 0.1) is 0 Å². The zero-order chi connectivity index (χ0) is 13.8. The number of halogens is 3. The zero-order valence-corrected chi connectivity index (χ0v) is 10.4. The van der Waals surface area contributed by atoms with Crippen LogP contribution in [0.25, 0.3) is 0 Å². The van der Waals surface area contributed by atoms with Gasteiger partial charge in [-0.2, -0.15) is 13.2 Å². The van der Waals surface area contributed by atoms with Gasteiger partial charge in [-0.05, 0) is 19.1 Å². The highest BCUT2D eigenvalue weighted by molar-refractivity contribution is 5.12. The summed E-state index contributed by atoms with van der Waals surface area (Å²) in [6, 6.07) is 0. The molecule has 0 aromatic rings. The third-order valence-electron chi connectivity index (χ3n) is 2.66. The average Bonchev–Trinajstić information content (AvgIpc) is 2.24. The Labute approximate surface area is 105 Å². The van der Waals surface area contributed by atoms with Crippen molar-refractivity contribution in [2.24, 2.45) is 11.5 Å². The predicted octanol–water partition coefficient (Wildman–Crippen LogP) is 0.829. The van der Waals surface area contributed by atoms with Gasteiger partial charge in [0.05, 0.1) is 12.4 Å². The van der Waals surface area contributed by atoms with Gasteiger partial charge in [0.15, 0.2) is 0 Å². The van der Waals surface area contributed by atoms with E-state index in [0.717, 1.165) is 0 Å². The molecule has 4 N–H and O–H groups in total. The first-order valence-corrected chi connectivity index (χ1v) is 5.71. The van der Waals surface area contributed by atoms with Gasteiger partial charge >= 0.3 is 6.18 Å². The summed E-state index contributed by atoms with van der Waals surface area (Å²) in [5.41, 5.74) is 11.9. The Morgan fingerprint density at radius 2 is 1.67 bits per heavy atom. The lowest BCUT2D eigenvalue weighted by Gasteiger charge is -2.36. The van der Waals surface area contributed by atoms with Crippen molar-refractivity contribution in [3.05, 3.63) is 23.7 Å². The molecule has 7 heteroatoms. The maximum Gasteiger partial charge on any atom is 0.401 e. The minimum atomic E-state index is -4.14. The molecule has 0 aliphatic carbocycles. The molecule has 18 heavy (non-hydrogen) atoms. The summed E-state index contributed by atoms with van der Waals surface area (Å²) >= 11 is 0. The standard InChI is InChI=1S/C11H19F3N4/c1-9(15)2-3-10(16)18-6-4-17(5-7-18)8-11(12,13)14/h2-3H,4-8,15-16H2,1H3/b9-2-,10-3+. The quantitative estimate of drug-likeness (QED) is 0.741. The molecule has 1 aliphatic rings. The first-order valence-electron chi connectivity index (χ1n) is 5.71. The lowest BCUT2D eigenvalue weighted by molar-refractivity contribution is -0.148. The monoisotopic (exact) mass is 264 g/mol. The molecule has 1 heterocycles. The van der Waals surface area contributed by atoms with Crippen LogP contribution in [0.2, 0.25) is 0 Å². The SMILES string of the molecule is C/C(N)=C/C=C(\N)N1CCN(CC(F)(F)F)CC1. The molecule has 1 saturated heterocycles. The fraction of sp³-hybridized carbons (Fsp3) is 0.636. The van der Waals surface area contributed by atoms with Crippen molar-refractivity contribution in [3.63, 3.8) is 0 Å². The fourth-order valence-corrected chi connectivity index (χ4v) is 1.74. The number of rotatable bonds is 3. The number of hydrogen-bond acceptors (Lipinski definition) is 4. The first-order chi connectivity index (χ1) is 8.28. The Morgan fingerprint density at radius 3 is 2.11 bits per heavy atom. The van der Waals surface area contributed by atoms with Crippen molar-refractivity contribution >= 4 is 0 Å². The van der Waals surface area contributed by atoms with Crippen LogP contribution in [0.4, 0.5) is 13.2 Å². The minimum Gasteiger partial charge on any atom is -0.402 e. The number of hydrogen-bond donors (Lipinski definition) is 2. The summed E-state index contributed by atoms with van der Waals surface area (Å²) in [7, 11) is 0. The van der Waals surface area contributed by atoms with Crippen LogP contribution < -0.4 is 11.5 Å². The lowest BCUT2D eigenvalue weighted by Crippen LogP contribution is -2.49. The Bertz CT molecular complexity index is 324. The van der Waals surface area contributed by atoms with E-state index in [-0.39, 0.29) is 0 Å². The van der Waals surface area contributed by atoms with Gasteiger partial charge in [0.2, 0.25) is 0 Å². The van der Waals surface area contributed by atoms with E-state index in [1.807, 2.05) is 4.90 Å². The minimum absolute atomic E-state index is 0.360. The molecule has 0 aromatic carbocycles. The molecule has 0 saturated carbocycles. The zero-order valence-electron chi connectivity index (χ0n) is 10.4. The Kier molecular flexibility index (Phi) is 4.89. The van der Waals surface area contributed by atoms with Crippen LogP contribution in [0.3, 0.4) is 0 Å². The average molecular weight is 264 g/mol. The maximum absolute atomic E-state index is 12.2. The predicted molar refractivity (Wildman–Crippen MR) is 64.3 cm³/mol. The Hall–Kier alpha value is -1.37. The van der Waals surface area contributed by atoms with Crippen LogP contribution in [0.15, 0.2) is 23.7 Å². The van der Waals surface area contributed by atoms with E-state index in [1.165, 1.54) is 4.90 Å². The molecule has 0 amide bonds. The summed E-state index contributed by atoms with van der Waals surface area (Å²) in [5.74, 6) is 0.534. The fourth-order valence-electron chi connectivity index (χ4n) is 1.74. The van der Waals surface area contributed by atoms with Gasteiger partial charge in [-0.25, -0.2) is 0 Å².